The van der Waals surface area contributed by atoms with Crippen LogP contribution in [0.25, 0.3) is 0 Å². The fraction of sp³-hybridized carbons (Fsp3) is 0.875. The Morgan fingerprint density at radius 1 is 1.57 bits per heavy atom. The van der Waals surface area contributed by atoms with Gasteiger partial charge in [0.2, 0.25) is 0 Å². The zero-order valence-corrected chi connectivity index (χ0v) is 8.01. The molecule has 0 radical (unpaired) electrons. The van der Waals surface area contributed by atoms with Crippen LogP contribution in [0.15, 0.2) is 4.99 Å². The summed E-state index contributed by atoms with van der Waals surface area (Å²) in [6.07, 6.45) is -4.00. The quantitative estimate of drug-likeness (QED) is 0.521. The Labute approximate surface area is 80.8 Å². The first-order chi connectivity index (χ1) is 6.45. The lowest BCUT2D eigenvalue weighted by Gasteiger charge is -2.18. The molecule has 1 aliphatic heterocycles. The second-order valence-corrected chi connectivity index (χ2v) is 3.31. The van der Waals surface area contributed by atoms with Crippen LogP contribution in [0.2, 0.25) is 0 Å². The van der Waals surface area contributed by atoms with E-state index in [9.17, 15) is 13.2 Å². The molecule has 1 heterocycles. The molecule has 3 nitrogen and oxygen atoms in total. The lowest BCUT2D eigenvalue weighted by Crippen LogP contribution is -2.37. The van der Waals surface area contributed by atoms with Crippen molar-refractivity contribution in [2.24, 2.45) is 16.6 Å². The predicted molar refractivity (Wildman–Crippen MR) is 47.9 cm³/mol. The van der Waals surface area contributed by atoms with E-state index in [1.165, 1.54) is 4.90 Å². The Kier molecular flexibility index (Phi) is 3.23. The minimum absolute atomic E-state index is 0.0567. The maximum atomic E-state index is 12.3. The predicted octanol–water partition coefficient (Wildman–Crippen LogP) is 1.21. The molecule has 1 unspecified atom stereocenters. The average molecular weight is 209 g/mol. The van der Waals surface area contributed by atoms with Gasteiger partial charge in [-0.2, -0.15) is 13.2 Å². The van der Waals surface area contributed by atoms with Gasteiger partial charge in [0.15, 0.2) is 5.96 Å². The van der Waals surface area contributed by atoms with E-state index in [-0.39, 0.29) is 18.9 Å². The third kappa shape index (κ3) is 2.52. The van der Waals surface area contributed by atoms with E-state index in [0.717, 1.165) is 0 Å². The van der Waals surface area contributed by atoms with Crippen LogP contribution in [-0.4, -0.2) is 36.7 Å². The summed E-state index contributed by atoms with van der Waals surface area (Å²) in [5.74, 6) is -1.03. The second kappa shape index (κ2) is 4.06. The molecule has 0 aromatic heterocycles. The van der Waals surface area contributed by atoms with E-state index < -0.39 is 12.1 Å². The van der Waals surface area contributed by atoms with Crippen LogP contribution in [0.3, 0.4) is 0 Å². The Bertz CT molecular complexity index is 224. The average Bonchev–Trinajstić information content (AvgIpc) is 2.51. The molecule has 0 aromatic carbocycles. The number of rotatable bonds is 1. The number of hydrogen-bond acceptors (Lipinski definition) is 1. The Balaban J connectivity index is 2.53. The number of nitrogens with zero attached hydrogens (tertiary/aromatic N) is 2. The SMILES string of the molecule is CCN=C(N)N1CCC(C(F)(F)F)C1. The molecule has 14 heavy (non-hydrogen) atoms. The molecule has 6 heteroatoms. The van der Waals surface area contributed by atoms with Crippen LogP contribution in [0.5, 0.6) is 0 Å². The monoisotopic (exact) mass is 209 g/mol. The van der Waals surface area contributed by atoms with Crippen LogP contribution >= 0.6 is 0 Å². The van der Waals surface area contributed by atoms with Crippen molar-refractivity contribution in [3.05, 3.63) is 0 Å². The van der Waals surface area contributed by atoms with Gasteiger partial charge in [0, 0.05) is 19.6 Å². The molecule has 0 spiro atoms. The smallest absolute Gasteiger partial charge is 0.370 e. The number of aliphatic imine (C=N–C) groups is 1. The molecule has 1 atom stereocenters. The fourth-order valence-electron chi connectivity index (χ4n) is 1.50. The highest BCUT2D eigenvalue weighted by molar-refractivity contribution is 5.78. The van der Waals surface area contributed by atoms with E-state index in [2.05, 4.69) is 4.99 Å². The molecule has 2 N–H and O–H groups in total. The summed E-state index contributed by atoms with van der Waals surface area (Å²) >= 11 is 0. The molecule has 1 saturated heterocycles. The summed E-state index contributed by atoms with van der Waals surface area (Å²) in [6, 6.07) is 0. The molecule has 0 saturated carbocycles. The van der Waals surface area contributed by atoms with Crippen LogP contribution in [-0.2, 0) is 0 Å². The molecule has 1 aliphatic rings. The first-order valence-corrected chi connectivity index (χ1v) is 4.56. The van der Waals surface area contributed by atoms with E-state index in [1.807, 2.05) is 0 Å². The zero-order chi connectivity index (χ0) is 10.8. The topological polar surface area (TPSA) is 41.6 Å². The highest BCUT2D eigenvalue weighted by atomic mass is 19.4. The van der Waals surface area contributed by atoms with E-state index >= 15 is 0 Å². The van der Waals surface area contributed by atoms with Crippen LogP contribution in [0.4, 0.5) is 13.2 Å². The van der Waals surface area contributed by atoms with Gasteiger partial charge in [0.05, 0.1) is 5.92 Å². The summed E-state index contributed by atoms with van der Waals surface area (Å²) in [4.78, 5) is 5.36. The zero-order valence-electron chi connectivity index (χ0n) is 8.01. The molecule has 0 aliphatic carbocycles. The van der Waals surface area contributed by atoms with Gasteiger partial charge in [-0.1, -0.05) is 0 Å². The Morgan fingerprint density at radius 2 is 2.21 bits per heavy atom. The molecule has 1 rings (SSSR count). The summed E-state index contributed by atoms with van der Waals surface area (Å²) in [5.41, 5.74) is 5.50. The summed E-state index contributed by atoms with van der Waals surface area (Å²) in [5, 5.41) is 0. The molecule has 82 valence electrons. The lowest BCUT2D eigenvalue weighted by atomic mass is 10.1. The molecular weight excluding hydrogens is 195 g/mol. The molecule has 0 aromatic rings. The number of alkyl halides is 3. The lowest BCUT2D eigenvalue weighted by molar-refractivity contribution is -0.169. The Morgan fingerprint density at radius 3 is 2.64 bits per heavy atom. The van der Waals surface area contributed by atoms with Gasteiger partial charge < -0.3 is 10.6 Å². The van der Waals surface area contributed by atoms with Crippen molar-refractivity contribution in [3.8, 4) is 0 Å². The van der Waals surface area contributed by atoms with Gasteiger partial charge in [0.1, 0.15) is 0 Å². The van der Waals surface area contributed by atoms with E-state index in [4.69, 9.17) is 5.73 Å². The van der Waals surface area contributed by atoms with Gasteiger partial charge >= 0.3 is 6.18 Å². The number of guanidine groups is 1. The summed E-state index contributed by atoms with van der Waals surface area (Å²) < 4.78 is 36.8. The molecular formula is C8H14F3N3. The molecule has 0 amide bonds. The maximum absolute atomic E-state index is 12.3. The van der Waals surface area contributed by atoms with E-state index in [0.29, 0.717) is 13.1 Å². The van der Waals surface area contributed by atoms with Crippen LogP contribution < -0.4 is 5.73 Å². The van der Waals surface area contributed by atoms with Crippen LogP contribution in [0.1, 0.15) is 13.3 Å². The Hall–Kier alpha value is -0.940. The number of nitrogens with two attached hydrogens (primary N) is 1. The fourth-order valence-corrected chi connectivity index (χ4v) is 1.50. The standard InChI is InChI=1S/C8H14F3N3/c1-2-13-7(12)14-4-3-6(5-14)8(9,10)11/h6H,2-5H2,1H3,(H2,12,13). The highest BCUT2D eigenvalue weighted by Gasteiger charge is 2.43. The largest absolute Gasteiger partial charge is 0.393 e. The second-order valence-electron chi connectivity index (χ2n) is 3.31. The van der Waals surface area contributed by atoms with Gasteiger partial charge in [-0.25, -0.2) is 0 Å². The molecule has 1 fully saturated rings. The minimum Gasteiger partial charge on any atom is -0.370 e. The van der Waals surface area contributed by atoms with Crippen molar-refractivity contribution in [2.75, 3.05) is 19.6 Å². The maximum Gasteiger partial charge on any atom is 0.393 e. The number of hydrogen-bond donors (Lipinski definition) is 1. The number of halogens is 3. The number of likely N-dealkylation sites (tertiary alicyclic amines) is 1. The van der Waals surface area contributed by atoms with Crippen molar-refractivity contribution in [1.82, 2.24) is 4.90 Å². The van der Waals surface area contributed by atoms with Crippen molar-refractivity contribution < 1.29 is 13.2 Å². The van der Waals surface area contributed by atoms with Gasteiger partial charge in [0.25, 0.3) is 0 Å². The molecule has 0 bridgehead atoms. The normalized spacial score (nSPS) is 24.4. The first-order valence-electron chi connectivity index (χ1n) is 4.56. The van der Waals surface area contributed by atoms with Gasteiger partial charge in [-0.15, -0.1) is 0 Å². The van der Waals surface area contributed by atoms with Crippen molar-refractivity contribution in [3.63, 3.8) is 0 Å². The van der Waals surface area contributed by atoms with Crippen LogP contribution in [0, 0.1) is 5.92 Å². The van der Waals surface area contributed by atoms with Gasteiger partial charge in [-0.05, 0) is 13.3 Å². The highest BCUT2D eigenvalue weighted by Crippen LogP contribution is 2.33. The third-order valence-electron chi connectivity index (χ3n) is 2.30. The van der Waals surface area contributed by atoms with E-state index in [1.54, 1.807) is 6.92 Å². The summed E-state index contributed by atoms with van der Waals surface area (Å²) in [7, 11) is 0. The van der Waals surface area contributed by atoms with Crippen molar-refractivity contribution >= 4 is 5.96 Å². The minimum atomic E-state index is -4.11. The third-order valence-corrected chi connectivity index (χ3v) is 2.30. The summed E-state index contributed by atoms with van der Waals surface area (Å²) in [6.45, 7) is 2.58. The first kappa shape index (κ1) is 11.1. The van der Waals surface area contributed by atoms with Gasteiger partial charge in [-0.3, -0.25) is 4.99 Å². The van der Waals surface area contributed by atoms with Crippen molar-refractivity contribution in [1.29, 1.82) is 0 Å². The van der Waals surface area contributed by atoms with Crippen molar-refractivity contribution in [2.45, 2.75) is 19.5 Å².